The largest absolute Gasteiger partial charge is 0.480 e. The van der Waals surface area contributed by atoms with Gasteiger partial charge in [-0.25, -0.2) is 0 Å². The smallest absolute Gasteiger partial charge is 0.216 e. The number of nitrogens with one attached hydrogen (secondary N) is 2. The first kappa shape index (κ1) is 14.2. The van der Waals surface area contributed by atoms with E-state index in [1.165, 1.54) is 6.92 Å². The van der Waals surface area contributed by atoms with Gasteiger partial charge in [-0.2, -0.15) is 0 Å². The molecule has 1 aliphatic rings. The molecule has 1 aliphatic heterocycles. The lowest BCUT2D eigenvalue weighted by molar-refractivity contribution is -0.118. The minimum absolute atomic E-state index is 0.0501. The van der Waals surface area contributed by atoms with Crippen LogP contribution in [0.1, 0.15) is 20.3 Å². The Hall–Kier alpha value is -2.24. The fourth-order valence-corrected chi connectivity index (χ4v) is 1.99. The summed E-state index contributed by atoms with van der Waals surface area (Å²) in [5, 5.41) is 5.98. The van der Waals surface area contributed by atoms with Crippen molar-refractivity contribution >= 4 is 23.1 Å². The highest BCUT2D eigenvalue weighted by Gasteiger charge is 2.24. The molecule has 20 heavy (non-hydrogen) atoms. The number of amidine groups is 1. The minimum atomic E-state index is -0.110. The second kappa shape index (κ2) is 6.27. The molecule has 1 heterocycles. The lowest BCUT2D eigenvalue weighted by Gasteiger charge is -2.28. The van der Waals surface area contributed by atoms with Crippen molar-refractivity contribution in [2.24, 2.45) is 4.99 Å². The molecule has 0 bridgehead atoms. The SMILES string of the molecule is CCC1Oc2cc(N)ccc2NC1=NCCNC(C)=O. The van der Waals surface area contributed by atoms with Gasteiger partial charge in [0.25, 0.3) is 0 Å². The van der Waals surface area contributed by atoms with Gasteiger partial charge in [0.05, 0.1) is 12.2 Å². The van der Waals surface area contributed by atoms with Crippen LogP contribution in [0, 0.1) is 0 Å². The minimum Gasteiger partial charge on any atom is -0.480 e. The quantitative estimate of drug-likeness (QED) is 0.572. The summed E-state index contributed by atoms with van der Waals surface area (Å²) in [6.07, 6.45) is 0.696. The van der Waals surface area contributed by atoms with Crippen LogP contribution < -0.4 is 21.1 Å². The monoisotopic (exact) mass is 276 g/mol. The van der Waals surface area contributed by atoms with Crippen LogP contribution in [0.3, 0.4) is 0 Å². The van der Waals surface area contributed by atoms with Crippen molar-refractivity contribution in [1.82, 2.24) is 5.32 Å². The van der Waals surface area contributed by atoms with Crippen LogP contribution in [0.2, 0.25) is 0 Å². The van der Waals surface area contributed by atoms with Gasteiger partial charge in [-0.3, -0.25) is 9.79 Å². The molecule has 0 radical (unpaired) electrons. The molecular formula is C14H20N4O2. The van der Waals surface area contributed by atoms with Gasteiger partial charge in [0.15, 0.2) is 6.10 Å². The van der Waals surface area contributed by atoms with E-state index in [1.54, 1.807) is 6.07 Å². The van der Waals surface area contributed by atoms with Crippen LogP contribution in [0.25, 0.3) is 0 Å². The highest BCUT2D eigenvalue weighted by Crippen LogP contribution is 2.32. The average Bonchev–Trinajstić information content (AvgIpc) is 2.42. The predicted octanol–water partition coefficient (Wildman–Crippen LogP) is 1.39. The predicted molar refractivity (Wildman–Crippen MR) is 80.2 cm³/mol. The van der Waals surface area contributed by atoms with E-state index in [1.807, 2.05) is 19.1 Å². The lowest BCUT2D eigenvalue weighted by Crippen LogP contribution is -2.37. The Kier molecular flexibility index (Phi) is 4.45. The molecule has 0 aromatic heterocycles. The van der Waals surface area contributed by atoms with Crippen molar-refractivity contribution < 1.29 is 9.53 Å². The number of benzene rings is 1. The number of carbonyl (C=O) groups is 1. The van der Waals surface area contributed by atoms with E-state index in [2.05, 4.69) is 15.6 Å². The van der Waals surface area contributed by atoms with Gasteiger partial charge in [0.2, 0.25) is 5.91 Å². The van der Waals surface area contributed by atoms with Crippen molar-refractivity contribution in [3.63, 3.8) is 0 Å². The van der Waals surface area contributed by atoms with Gasteiger partial charge >= 0.3 is 0 Å². The molecule has 0 spiro atoms. The third-order valence-corrected chi connectivity index (χ3v) is 2.98. The number of anilines is 2. The molecule has 1 amide bonds. The summed E-state index contributed by atoms with van der Waals surface area (Å²) in [6.45, 7) is 4.56. The maximum atomic E-state index is 10.8. The second-order valence-corrected chi connectivity index (χ2v) is 4.65. The topological polar surface area (TPSA) is 88.7 Å². The first-order chi connectivity index (χ1) is 9.60. The van der Waals surface area contributed by atoms with Crippen molar-refractivity contribution in [2.45, 2.75) is 26.4 Å². The fraction of sp³-hybridized carbons (Fsp3) is 0.429. The molecule has 6 nitrogen and oxygen atoms in total. The zero-order valence-electron chi connectivity index (χ0n) is 11.8. The van der Waals surface area contributed by atoms with Crippen molar-refractivity contribution in [1.29, 1.82) is 0 Å². The second-order valence-electron chi connectivity index (χ2n) is 4.65. The number of hydrogen-bond donors (Lipinski definition) is 3. The average molecular weight is 276 g/mol. The Morgan fingerprint density at radius 3 is 3.05 bits per heavy atom. The number of hydrogen-bond acceptors (Lipinski definition) is 4. The van der Waals surface area contributed by atoms with Crippen LogP contribution in [0.5, 0.6) is 5.75 Å². The highest BCUT2D eigenvalue weighted by atomic mass is 16.5. The number of nitrogens with zero attached hydrogens (tertiary/aromatic N) is 1. The summed E-state index contributed by atoms with van der Waals surface area (Å²) in [6, 6.07) is 5.50. The molecule has 0 fully saturated rings. The number of carbonyl (C=O) groups excluding carboxylic acids is 1. The first-order valence-electron chi connectivity index (χ1n) is 6.72. The summed E-state index contributed by atoms with van der Waals surface area (Å²) in [7, 11) is 0. The molecule has 0 saturated heterocycles. The fourth-order valence-electron chi connectivity index (χ4n) is 1.99. The number of ether oxygens (including phenoxy) is 1. The van der Waals surface area contributed by atoms with Crippen molar-refractivity contribution in [2.75, 3.05) is 24.1 Å². The van der Waals surface area contributed by atoms with Crippen LogP contribution in [-0.4, -0.2) is 30.9 Å². The van der Waals surface area contributed by atoms with Crippen LogP contribution in [0.15, 0.2) is 23.2 Å². The van der Waals surface area contributed by atoms with Gasteiger partial charge in [0.1, 0.15) is 11.6 Å². The third-order valence-electron chi connectivity index (χ3n) is 2.98. The van der Waals surface area contributed by atoms with Crippen molar-refractivity contribution in [3.8, 4) is 5.75 Å². The maximum absolute atomic E-state index is 10.8. The van der Waals surface area contributed by atoms with E-state index in [4.69, 9.17) is 10.5 Å². The third kappa shape index (κ3) is 3.40. The molecule has 1 aromatic rings. The normalized spacial score (nSPS) is 18.9. The Bertz CT molecular complexity index is 528. The van der Waals surface area contributed by atoms with E-state index in [-0.39, 0.29) is 12.0 Å². The molecular weight excluding hydrogens is 256 g/mol. The van der Waals surface area contributed by atoms with Gasteiger partial charge < -0.3 is 21.1 Å². The Labute approximate surface area is 118 Å². The number of nitrogens with two attached hydrogens (primary N) is 1. The van der Waals surface area contributed by atoms with E-state index in [9.17, 15) is 4.79 Å². The zero-order valence-corrected chi connectivity index (χ0v) is 11.8. The number of fused-ring (bicyclic) bond motifs is 1. The Balaban J connectivity index is 2.07. The van der Waals surface area contributed by atoms with E-state index in [0.717, 1.165) is 23.7 Å². The number of nitrogen functional groups attached to an aromatic ring is 1. The summed E-state index contributed by atoms with van der Waals surface area (Å²) in [5.74, 6) is 1.48. The summed E-state index contributed by atoms with van der Waals surface area (Å²) < 4.78 is 5.89. The first-order valence-corrected chi connectivity index (χ1v) is 6.72. The summed E-state index contributed by atoms with van der Waals surface area (Å²) in [5.41, 5.74) is 7.29. The van der Waals surface area contributed by atoms with Crippen LogP contribution in [0.4, 0.5) is 11.4 Å². The van der Waals surface area contributed by atoms with Crippen molar-refractivity contribution in [3.05, 3.63) is 18.2 Å². The molecule has 108 valence electrons. The van der Waals surface area contributed by atoms with E-state index < -0.39 is 0 Å². The van der Waals surface area contributed by atoms with Gasteiger partial charge in [-0.1, -0.05) is 6.92 Å². The molecule has 0 aliphatic carbocycles. The van der Waals surface area contributed by atoms with E-state index >= 15 is 0 Å². The Morgan fingerprint density at radius 2 is 2.35 bits per heavy atom. The number of rotatable bonds is 4. The number of amides is 1. The Morgan fingerprint density at radius 1 is 1.55 bits per heavy atom. The molecule has 1 atom stereocenters. The summed E-state index contributed by atoms with van der Waals surface area (Å²) in [4.78, 5) is 15.3. The summed E-state index contributed by atoms with van der Waals surface area (Å²) >= 11 is 0. The lowest BCUT2D eigenvalue weighted by atomic mass is 10.1. The van der Waals surface area contributed by atoms with Gasteiger partial charge in [0, 0.05) is 25.2 Å². The molecule has 1 aromatic carbocycles. The highest BCUT2D eigenvalue weighted by molar-refractivity contribution is 6.02. The molecule has 0 saturated carbocycles. The molecule has 6 heteroatoms. The van der Waals surface area contributed by atoms with Gasteiger partial charge in [-0.05, 0) is 18.6 Å². The standard InChI is InChI=1S/C14H20N4O2/c1-3-12-14(17-7-6-16-9(2)19)18-11-5-4-10(15)8-13(11)20-12/h4-5,8,12H,3,6-7,15H2,1-2H3,(H,16,19)(H,17,18). The number of aliphatic imine (C=N–C) groups is 1. The van der Waals surface area contributed by atoms with E-state index in [0.29, 0.717) is 18.8 Å². The molecule has 1 unspecified atom stereocenters. The maximum Gasteiger partial charge on any atom is 0.216 e. The van der Waals surface area contributed by atoms with Crippen LogP contribution in [-0.2, 0) is 4.79 Å². The zero-order chi connectivity index (χ0) is 14.5. The van der Waals surface area contributed by atoms with Gasteiger partial charge in [-0.15, -0.1) is 0 Å². The molecule has 4 N–H and O–H groups in total. The van der Waals surface area contributed by atoms with Crippen LogP contribution >= 0.6 is 0 Å². The molecule has 2 rings (SSSR count).